The normalized spacial score (nSPS) is 11.7. The van der Waals surface area contributed by atoms with Gasteiger partial charge in [-0.25, -0.2) is 0 Å². The van der Waals surface area contributed by atoms with Crippen LogP contribution in [0.3, 0.4) is 0 Å². The zero-order valence-corrected chi connectivity index (χ0v) is 17.1. The number of aryl methyl sites for hydroxylation is 1. The first-order valence-electron chi connectivity index (χ1n) is 9.23. The second kappa shape index (κ2) is 10.8. The molecule has 2 aromatic rings. The van der Waals surface area contributed by atoms with Crippen LogP contribution in [0, 0.1) is 6.92 Å². The highest BCUT2D eigenvalue weighted by atomic mass is 32.2. The third-order valence-corrected chi connectivity index (χ3v) is 5.39. The molecule has 2 aromatic carbocycles. The lowest BCUT2D eigenvalue weighted by atomic mass is 10.1. The smallest absolute Gasteiger partial charge is 0.242 e. The fraction of sp³-hybridized carbons (Fsp3) is 0.364. The maximum Gasteiger partial charge on any atom is 0.242 e. The number of hydrogen-bond acceptors (Lipinski definition) is 3. The maximum atomic E-state index is 13.0. The Morgan fingerprint density at radius 2 is 1.78 bits per heavy atom. The Hall–Kier alpha value is -2.27. The van der Waals surface area contributed by atoms with Crippen LogP contribution in [0.15, 0.2) is 54.6 Å². The largest absolute Gasteiger partial charge is 0.357 e. The molecule has 2 amide bonds. The first-order valence-corrected chi connectivity index (χ1v) is 10.4. The van der Waals surface area contributed by atoms with E-state index in [4.69, 9.17) is 0 Å². The molecule has 1 N–H and O–H groups in total. The van der Waals surface area contributed by atoms with E-state index in [1.54, 1.807) is 23.7 Å². The van der Waals surface area contributed by atoms with E-state index in [-0.39, 0.29) is 11.8 Å². The molecule has 0 spiro atoms. The predicted octanol–water partition coefficient (Wildman–Crippen LogP) is 3.78. The fourth-order valence-corrected chi connectivity index (χ4v) is 3.87. The minimum Gasteiger partial charge on any atom is -0.357 e. The molecule has 2 rings (SSSR count). The Morgan fingerprint density at radius 3 is 2.41 bits per heavy atom. The van der Waals surface area contributed by atoms with Crippen LogP contribution >= 0.6 is 11.8 Å². The number of thioether (sulfide) groups is 1. The van der Waals surface area contributed by atoms with E-state index in [2.05, 4.69) is 30.4 Å². The standard InChI is InChI=1S/C22H28N2O2S/c1-4-20(22(26)23-3)24(14-18-10-6-5-7-11-18)21(25)16-27-15-19-12-8-9-17(2)13-19/h5-13,20H,4,14-16H2,1-3H3,(H,23,26)/t20-/m1/s1. The number of benzene rings is 2. The van der Waals surface area contributed by atoms with Crippen LogP contribution in [-0.4, -0.2) is 35.6 Å². The number of rotatable bonds is 9. The molecule has 0 aromatic heterocycles. The van der Waals surface area contributed by atoms with Gasteiger partial charge in [0.05, 0.1) is 5.75 Å². The highest BCUT2D eigenvalue weighted by Crippen LogP contribution is 2.17. The maximum absolute atomic E-state index is 13.0. The van der Waals surface area contributed by atoms with Gasteiger partial charge in [0.25, 0.3) is 0 Å². The third-order valence-electron chi connectivity index (χ3n) is 4.40. The van der Waals surface area contributed by atoms with Gasteiger partial charge in [0.2, 0.25) is 11.8 Å². The second-order valence-corrected chi connectivity index (χ2v) is 7.51. The molecule has 0 aliphatic rings. The minimum atomic E-state index is -0.456. The number of nitrogens with one attached hydrogen (secondary N) is 1. The van der Waals surface area contributed by atoms with Crippen molar-refractivity contribution in [1.29, 1.82) is 0 Å². The van der Waals surface area contributed by atoms with Crippen molar-refractivity contribution < 1.29 is 9.59 Å². The number of carbonyl (C=O) groups excluding carboxylic acids is 2. The SMILES string of the molecule is CC[C@H](C(=O)NC)N(Cc1ccccc1)C(=O)CSCc1cccc(C)c1. The summed E-state index contributed by atoms with van der Waals surface area (Å²) in [6.07, 6.45) is 0.584. The molecule has 144 valence electrons. The van der Waals surface area contributed by atoms with Crippen LogP contribution in [0.2, 0.25) is 0 Å². The predicted molar refractivity (Wildman–Crippen MR) is 112 cm³/mol. The lowest BCUT2D eigenvalue weighted by Gasteiger charge is -2.30. The molecule has 0 aliphatic heterocycles. The summed E-state index contributed by atoms with van der Waals surface area (Å²) in [5.41, 5.74) is 3.45. The van der Waals surface area contributed by atoms with Crippen molar-refractivity contribution in [1.82, 2.24) is 10.2 Å². The van der Waals surface area contributed by atoms with Gasteiger partial charge in [0, 0.05) is 19.3 Å². The summed E-state index contributed by atoms with van der Waals surface area (Å²) in [5.74, 6) is 1.01. The molecule has 0 radical (unpaired) electrons. The van der Waals surface area contributed by atoms with Crippen LogP contribution in [0.4, 0.5) is 0 Å². The van der Waals surface area contributed by atoms with E-state index in [1.165, 1.54) is 11.1 Å². The molecule has 0 unspecified atom stereocenters. The zero-order chi connectivity index (χ0) is 19.6. The monoisotopic (exact) mass is 384 g/mol. The van der Waals surface area contributed by atoms with Crippen LogP contribution in [-0.2, 0) is 21.9 Å². The average Bonchev–Trinajstić information content (AvgIpc) is 2.68. The van der Waals surface area contributed by atoms with E-state index in [9.17, 15) is 9.59 Å². The van der Waals surface area contributed by atoms with Gasteiger partial charge < -0.3 is 10.2 Å². The first kappa shape index (κ1) is 21.0. The molecule has 0 bridgehead atoms. The Bertz CT molecular complexity index is 749. The average molecular weight is 385 g/mol. The number of hydrogen-bond donors (Lipinski definition) is 1. The summed E-state index contributed by atoms with van der Waals surface area (Å²) in [6.45, 7) is 4.44. The number of nitrogens with zero attached hydrogens (tertiary/aromatic N) is 1. The van der Waals surface area contributed by atoms with Crippen LogP contribution in [0.25, 0.3) is 0 Å². The topological polar surface area (TPSA) is 49.4 Å². The highest BCUT2D eigenvalue weighted by Gasteiger charge is 2.27. The molecular weight excluding hydrogens is 356 g/mol. The molecule has 4 nitrogen and oxygen atoms in total. The van der Waals surface area contributed by atoms with Gasteiger partial charge in [0.15, 0.2) is 0 Å². The summed E-state index contributed by atoms with van der Waals surface area (Å²) in [6, 6.07) is 17.7. The summed E-state index contributed by atoms with van der Waals surface area (Å²) < 4.78 is 0. The number of amides is 2. The summed E-state index contributed by atoms with van der Waals surface area (Å²) in [5, 5.41) is 2.69. The van der Waals surface area contributed by atoms with Crippen molar-refractivity contribution >= 4 is 23.6 Å². The minimum absolute atomic E-state index is 0.00745. The number of likely N-dealkylation sites (N-methyl/N-ethyl adjacent to an activating group) is 1. The van der Waals surface area contributed by atoms with E-state index in [1.807, 2.05) is 43.3 Å². The third kappa shape index (κ3) is 6.43. The van der Waals surface area contributed by atoms with Crippen molar-refractivity contribution in [3.05, 3.63) is 71.3 Å². The summed E-state index contributed by atoms with van der Waals surface area (Å²) in [7, 11) is 1.61. The second-order valence-electron chi connectivity index (χ2n) is 6.53. The van der Waals surface area contributed by atoms with Crippen molar-refractivity contribution in [2.75, 3.05) is 12.8 Å². The zero-order valence-electron chi connectivity index (χ0n) is 16.3. The molecule has 27 heavy (non-hydrogen) atoms. The fourth-order valence-electron chi connectivity index (χ4n) is 3.01. The van der Waals surface area contributed by atoms with Crippen LogP contribution in [0.1, 0.15) is 30.0 Å². The molecule has 0 aliphatic carbocycles. The van der Waals surface area contributed by atoms with E-state index in [0.717, 1.165) is 11.3 Å². The van der Waals surface area contributed by atoms with Crippen molar-refractivity contribution in [3.8, 4) is 0 Å². The molecule has 0 heterocycles. The van der Waals surface area contributed by atoms with Crippen molar-refractivity contribution in [2.24, 2.45) is 0 Å². The van der Waals surface area contributed by atoms with E-state index >= 15 is 0 Å². The lowest BCUT2D eigenvalue weighted by Crippen LogP contribution is -2.48. The molecule has 0 fully saturated rings. The lowest BCUT2D eigenvalue weighted by molar-refractivity contribution is -0.139. The molecule has 0 saturated carbocycles. The van der Waals surface area contributed by atoms with Gasteiger partial charge in [0.1, 0.15) is 6.04 Å². The van der Waals surface area contributed by atoms with Crippen molar-refractivity contribution in [2.45, 2.75) is 38.6 Å². The van der Waals surface area contributed by atoms with Gasteiger partial charge in [-0.15, -0.1) is 11.8 Å². The summed E-state index contributed by atoms with van der Waals surface area (Å²) >= 11 is 1.59. The Balaban J connectivity index is 2.06. The van der Waals surface area contributed by atoms with Crippen LogP contribution in [0.5, 0.6) is 0 Å². The van der Waals surface area contributed by atoms with E-state index in [0.29, 0.717) is 18.7 Å². The first-order chi connectivity index (χ1) is 13.0. The van der Waals surface area contributed by atoms with Gasteiger partial charge in [-0.05, 0) is 24.5 Å². The van der Waals surface area contributed by atoms with Gasteiger partial charge in [-0.3, -0.25) is 9.59 Å². The molecule has 5 heteroatoms. The molecular formula is C22H28N2O2S. The quantitative estimate of drug-likeness (QED) is 0.716. The van der Waals surface area contributed by atoms with Gasteiger partial charge in [-0.1, -0.05) is 67.1 Å². The molecule has 0 saturated heterocycles. The Morgan fingerprint density at radius 1 is 1.07 bits per heavy atom. The van der Waals surface area contributed by atoms with Crippen LogP contribution < -0.4 is 5.32 Å². The summed E-state index contributed by atoms with van der Waals surface area (Å²) in [4.78, 5) is 27.0. The van der Waals surface area contributed by atoms with Gasteiger partial charge >= 0.3 is 0 Å². The van der Waals surface area contributed by atoms with Gasteiger partial charge in [-0.2, -0.15) is 0 Å². The van der Waals surface area contributed by atoms with Crippen molar-refractivity contribution in [3.63, 3.8) is 0 Å². The Kier molecular flexibility index (Phi) is 8.40. The highest BCUT2D eigenvalue weighted by molar-refractivity contribution is 7.99. The Labute approximate surface area is 166 Å². The number of carbonyl (C=O) groups is 2. The molecule has 1 atom stereocenters. The van der Waals surface area contributed by atoms with E-state index < -0.39 is 6.04 Å².